The van der Waals surface area contributed by atoms with Crippen LogP contribution in [-0.4, -0.2) is 35.2 Å². The van der Waals surface area contributed by atoms with Gasteiger partial charge in [0.2, 0.25) is 0 Å². The second-order valence-electron chi connectivity index (χ2n) is 0.312. The molecule has 0 spiro atoms. The first-order valence-electron chi connectivity index (χ1n) is 1.20. The average Bonchev–Trinajstić information content (AvgIpc) is 1.39. The number of hydrogen-bond acceptors (Lipinski definition) is 5. The Bertz CT molecular complexity index is 11.7. The van der Waals surface area contributed by atoms with Crippen LogP contribution in [0.25, 0.3) is 0 Å². The largest absolute Gasteiger partial charge is 0.870 e. The normalized spacial score (nSPS) is 3.60. The van der Waals surface area contributed by atoms with Crippen molar-refractivity contribution in [1.29, 1.82) is 0 Å². The highest BCUT2D eigenvalue weighted by atomic mass is 17.1. The average molecular weight is 162 g/mol. The van der Waals surface area contributed by atoms with E-state index >= 15 is 0 Å². The first-order chi connectivity index (χ1) is 2.83. The zero-order valence-electron chi connectivity index (χ0n) is 4.37. The SMILES string of the molecule is C.C.COO.O.[O-]CO.[OH-]. The maximum Gasteiger partial charge on any atom is 0.0710 e. The molecule has 0 aromatic rings. The van der Waals surface area contributed by atoms with Crippen molar-refractivity contribution >= 4 is 0 Å². The third-order valence-electron chi connectivity index (χ3n) is 0. The Morgan fingerprint density at radius 3 is 1.40 bits per heavy atom. The second-order valence-corrected chi connectivity index (χ2v) is 0.312. The van der Waals surface area contributed by atoms with Gasteiger partial charge in [-0.2, -0.15) is 0 Å². The van der Waals surface area contributed by atoms with Crippen LogP contribution in [0, 0.1) is 0 Å². The fourth-order valence-corrected chi connectivity index (χ4v) is 0. The molecule has 0 saturated carbocycles. The van der Waals surface area contributed by atoms with E-state index in [0.29, 0.717) is 0 Å². The lowest BCUT2D eigenvalue weighted by molar-refractivity contribution is -0.421. The Balaban J connectivity index is -0.00000000571. The fraction of sp³-hybridized carbons (Fsp3) is 1.00. The molecule has 0 fully saturated rings. The maximum absolute atomic E-state index is 8.49. The van der Waals surface area contributed by atoms with E-state index in [-0.39, 0.29) is 25.8 Å². The molecule has 0 aliphatic heterocycles. The molecule has 0 radical (unpaired) electrons. The van der Waals surface area contributed by atoms with Crippen LogP contribution in [0.15, 0.2) is 0 Å². The van der Waals surface area contributed by atoms with Gasteiger partial charge in [0.15, 0.2) is 0 Å². The smallest absolute Gasteiger partial charge is 0.0710 e. The summed E-state index contributed by atoms with van der Waals surface area (Å²) in [5, 5.41) is 22.6. The lowest BCUT2D eigenvalue weighted by Gasteiger charge is -1.80. The molecule has 0 unspecified atom stereocenters. The molecule has 0 atom stereocenters. The lowest BCUT2D eigenvalue weighted by atomic mass is 11.6. The third kappa shape index (κ3) is 6160. The summed E-state index contributed by atoms with van der Waals surface area (Å²) in [5.74, 6) is 0. The highest BCUT2D eigenvalue weighted by Gasteiger charge is 1.26. The summed E-state index contributed by atoms with van der Waals surface area (Å²) >= 11 is 0. The van der Waals surface area contributed by atoms with E-state index in [1.54, 1.807) is 0 Å². The van der Waals surface area contributed by atoms with Gasteiger partial charge in [0, 0.05) is 0 Å². The molecular formula is C4H18O6-2. The van der Waals surface area contributed by atoms with Crippen molar-refractivity contribution in [1.82, 2.24) is 0 Å². The molecule has 0 bridgehead atoms. The van der Waals surface area contributed by atoms with Crippen LogP contribution in [0.2, 0.25) is 0 Å². The number of hydrogen-bond donors (Lipinski definition) is 2. The molecular weight excluding hydrogens is 144 g/mol. The fourth-order valence-electron chi connectivity index (χ4n) is 0. The van der Waals surface area contributed by atoms with E-state index in [9.17, 15) is 0 Å². The minimum atomic E-state index is -1.00. The van der Waals surface area contributed by atoms with Gasteiger partial charge in [-0.05, 0) is 6.79 Å². The van der Waals surface area contributed by atoms with Crippen LogP contribution in [0.5, 0.6) is 0 Å². The minimum absolute atomic E-state index is 0. The van der Waals surface area contributed by atoms with Crippen molar-refractivity contribution in [3.05, 3.63) is 0 Å². The number of rotatable bonds is 0. The van der Waals surface area contributed by atoms with Crippen molar-refractivity contribution < 1.29 is 31.3 Å². The van der Waals surface area contributed by atoms with Gasteiger partial charge in [-0.25, -0.2) is 4.89 Å². The highest BCUT2D eigenvalue weighted by molar-refractivity contribution is 3.43. The van der Waals surface area contributed by atoms with E-state index in [2.05, 4.69) is 4.89 Å². The van der Waals surface area contributed by atoms with E-state index < -0.39 is 6.79 Å². The molecule has 0 saturated heterocycles. The quantitative estimate of drug-likeness (QED) is 0.258. The van der Waals surface area contributed by atoms with Gasteiger partial charge >= 0.3 is 0 Å². The predicted octanol–water partition coefficient (Wildman–Crippen LogP) is -1.33. The molecule has 5 N–H and O–H groups in total. The van der Waals surface area contributed by atoms with E-state index in [0.717, 1.165) is 0 Å². The Kier molecular flexibility index (Phi) is 902. The van der Waals surface area contributed by atoms with Crippen LogP contribution in [0.4, 0.5) is 0 Å². The van der Waals surface area contributed by atoms with Crippen LogP contribution in [0.3, 0.4) is 0 Å². The second kappa shape index (κ2) is 170. The van der Waals surface area contributed by atoms with Crippen molar-refractivity contribution in [3.8, 4) is 0 Å². The summed E-state index contributed by atoms with van der Waals surface area (Å²) in [6.07, 6.45) is 0. The molecule has 0 heterocycles. The first kappa shape index (κ1) is 53.0. The summed E-state index contributed by atoms with van der Waals surface area (Å²) in [5.41, 5.74) is 0. The van der Waals surface area contributed by atoms with Crippen molar-refractivity contribution in [2.24, 2.45) is 0 Å². The predicted molar refractivity (Wildman–Crippen MR) is 35.7 cm³/mol. The number of aliphatic hydroxyl groups excluding tert-OH is 1. The minimum Gasteiger partial charge on any atom is -0.870 e. The first-order valence-corrected chi connectivity index (χ1v) is 1.20. The molecule has 72 valence electrons. The molecule has 0 rings (SSSR count). The van der Waals surface area contributed by atoms with Crippen LogP contribution in [-0.2, 0) is 4.89 Å². The topological polar surface area (TPSA) is 134 Å². The van der Waals surface area contributed by atoms with Crippen molar-refractivity contribution in [2.45, 2.75) is 14.9 Å². The van der Waals surface area contributed by atoms with E-state index in [4.69, 9.17) is 15.5 Å². The Hall–Kier alpha value is -0.240. The number of aliphatic hydroxyl groups is 1. The monoisotopic (exact) mass is 162 g/mol. The summed E-state index contributed by atoms with van der Waals surface area (Å²) in [7, 11) is 1.18. The van der Waals surface area contributed by atoms with Gasteiger partial charge in [-0.1, -0.05) is 14.9 Å². The van der Waals surface area contributed by atoms with E-state index in [1.807, 2.05) is 0 Å². The van der Waals surface area contributed by atoms with Crippen molar-refractivity contribution in [2.75, 3.05) is 13.9 Å². The Morgan fingerprint density at radius 1 is 1.40 bits per heavy atom. The summed E-state index contributed by atoms with van der Waals surface area (Å²) in [6, 6.07) is 0. The van der Waals surface area contributed by atoms with Gasteiger partial charge in [-0.15, -0.1) is 0 Å². The molecule has 0 aromatic heterocycles. The molecule has 6 nitrogen and oxygen atoms in total. The zero-order chi connectivity index (χ0) is 5.41. The van der Waals surface area contributed by atoms with Gasteiger partial charge in [-0.3, -0.25) is 5.26 Å². The standard InChI is InChI=1S/CH4O2.CH3O2.2CH4.2H2O/c1-3-2;2-1-3;;;;/h2H,1H3;2H,1H2;2*1H4;2*1H2/q;-1;;;;/p-1. The van der Waals surface area contributed by atoms with Crippen LogP contribution >= 0.6 is 0 Å². The molecule has 0 aromatic carbocycles. The Labute approximate surface area is 61.2 Å². The molecule has 0 aliphatic rings. The van der Waals surface area contributed by atoms with Gasteiger partial charge in [0.1, 0.15) is 0 Å². The molecule has 0 aliphatic carbocycles. The van der Waals surface area contributed by atoms with Crippen molar-refractivity contribution in [3.63, 3.8) is 0 Å². The van der Waals surface area contributed by atoms with E-state index in [1.165, 1.54) is 7.11 Å². The highest BCUT2D eigenvalue weighted by Crippen LogP contribution is 1.26. The lowest BCUT2D eigenvalue weighted by Crippen LogP contribution is -2.01. The van der Waals surface area contributed by atoms with Gasteiger partial charge in [0.25, 0.3) is 0 Å². The zero-order valence-corrected chi connectivity index (χ0v) is 4.37. The molecule has 0 amide bonds. The van der Waals surface area contributed by atoms with Gasteiger partial charge in [0.05, 0.1) is 7.11 Å². The Morgan fingerprint density at radius 2 is 1.40 bits per heavy atom. The summed E-state index contributed by atoms with van der Waals surface area (Å²) < 4.78 is 0. The summed E-state index contributed by atoms with van der Waals surface area (Å²) in [4.78, 5) is 3.25. The third-order valence-corrected chi connectivity index (χ3v) is 0. The van der Waals surface area contributed by atoms with Gasteiger partial charge < -0.3 is 21.2 Å². The maximum atomic E-state index is 8.49. The van der Waals surface area contributed by atoms with Crippen LogP contribution < -0.4 is 5.11 Å². The molecule has 10 heavy (non-hydrogen) atoms. The van der Waals surface area contributed by atoms with Crippen LogP contribution in [0.1, 0.15) is 14.9 Å². The molecule has 6 heteroatoms. The summed E-state index contributed by atoms with van der Waals surface area (Å²) in [6.45, 7) is -1.00.